The van der Waals surface area contributed by atoms with Crippen LogP contribution in [0.15, 0.2) is 24.3 Å². The summed E-state index contributed by atoms with van der Waals surface area (Å²) in [4.78, 5) is 44.1. The van der Waals surface area contributed by atoms with Crippen molar-refractivity contribution in [1.29, 1.82) is 0 Å². The summed E-state index contributed by atoms with van der Waals surface area (Å²) in [5.74, 6) is 0.930. The number of benzene rings is 1. The molecule has 0 spiro atoms. The molecule has 0 bridgehead atoms. The van der Waals surface area contributed by atoms with E-state index in [4.69, 9.17) is 11.6 Å². The molecule has 4 aliphatic rings. The summed E-state index contributed by atoms with van der Waals surface area (Å²) in [5.41, 5.74) is -0.556. The highest BCUT2D eigenvalue weighted by Gasteiger charge is 2.56. The van der Waals surface area contributed by atoms with Gasteiger partial charge in [-0.05, 0) is 49.1 Å². The van der Waals surface area contributed by atoms with Gasteiger partial charge in [-0.1, -0.05) is 61.9 Å². The fraction of sp³-hybridized carbons (Fsp3) is 0.654. The van der Waals surface area contributed by atoms with Crippen LogP contribution < -0.4 is 0 Å². The third-order valence-electron chi connectivity index (χ3n) is 8.53. The highest BCUT2D eigenvalue weighted by atomic mass is 35.5. The number of fused-ring (bicyclic) bond motifs is 1. The number of rotatable bonds is 4. The third-order valence-corrected chi connectivity index (χ3v) is 8.86. The Bertz CT molecular complexity index is 912. The van der Waals surface area contributed by atoms with E-state index in [0.29, 0.717) is 16.5 Å². The molecule has 3 atom stereocenters. The topological polar surface area (TPSA) is 57.7 Å². The van der Waals surface area contributed by atoms with E-state index in [0.717, 1.165) is 51.1 Å². The summed E-state index contributed by atoms with van der Waals surface area (Å²) in [6, 6.07) is 7.22. The Labute approximate surface area is 195 Å². The number of amides is 3. The molecular weight excluding hydrogens is 424 g/mol. The van der Waals surface area contributed by atoms with Crippen LogP contribution in [-0.2, 0) is 19.8 Å². The van der Waals surface area contributed by atoms with Crippen molar-refractivity contribution in [2.45, 2.75) is 82.1 Å². The van der Waals surface area contributed by atoms with E-state index in [-0.39, 0.29) is 36.6 Å². The zero-order valence-electron chi connectivity index (χ0n) is 18.7. The Balaban J connectivity index is 1.44. The number of imide groups is 1. The molecule has 2 aliphatic heterocycles. The van der Waals surface area contributed by atoms with Gasteiger partial charge in [-0.15, -0.1) is 0 Å². The normalized spacial score (nSPS) is 31.3. The summed E-state index contributed by atoms with van der Waals surface area (Å²) in [6.07, 6.45) is 9.94. The van der Waals surface area contributed by atoms with Crippen LogP contribution in [0.25, 0.3) is 0 Å². The molecule has 2 saturated heterocycles. The molecule has 2 saturated carbocycles. The largest absolute Gasteiger partial charge is 0.342 e. The van der Waals surface area contributed by atoms with E-state index in [2.05, 4.69) is 0 Å². The van der Waals surface area contributed by atoms with E-state index >= 15 is 0 Å². The van der Waals surface area contributed by atoms with Crippen LogP contribution in [0, 0.1) is 11.8 Å². The highest BCUT2D eigenvalue weighted by molar-refractivity contribution is 6.32. The number of carbonyl (C=O) groups excluding carboxylic acids is 3. The molecule has 1 aromatic rings. The number of hydrogen-bond acceptors (Lipinski definition) is 3. The molecule has 2 heterocycles. The van der Waals surface area contributed by atoms with Crippen LogP contribution in [0.4, 0.5) is 0 Å². The lowest BCUT2D eigenvalue weighted by molar-refractivity contribution is -0.145. The van der Waals surface area contributed by atoms with Gasteiger partial charge in [0.05, 0.1) is 5.41 Å². The van der Waals surface area contributed by atoms with Gasteiger partial charge in [0.15, 0.2) is 0 Å². The second-order valence-electron chi connectivity index (χ2n) is 10.4. The molecule has 2 aliphatic carbocycles. The van der Waals surface area contributed by atoms with Gasteiger partial charge in [-0.2, -0.15) is 0 Å². The molecule has 0 unspecified atom stereocenters. The van der Waals surface area contributed by atoms with Crippen LogP contribution in [0.1, 0.15) is 76.2 Å². The van der Waals surface area contributed by atoms with Crippen molar-refractivity contribution in [3.63, 3.8) is 0 Å². The number of halogens is 1. The van der Waals surface area contributed by atoms with Crippen molar-refractivity contribution in [2.75, 3.05) is 13.1 Å². The van der Waals surface area contributed by atoms with Crippen molar-refractivity contribution in [3.8, 4) is 0 Å². The first kappa shape index (κ1) is 21.9. The van der Waals surface area contributed by atoms with E-state index in [9.17, 15) is 14.4 Å². The summed E-state index contributed by atoms with van der Waals surface area (Å²) in [7, 11) is 0. The van der Waals surface area contributed by atoms with E-state index in [1.807, 2.05) is 23.1 Å². The lowest BCUT2D eigenvalue weighted by Gasteiger charge is -2.42. The summed E-state index contributed by atoms with van der Waals surface area (Å²) in [5, 5.41) is 0.459. The van der Waals surface area contributed by atoms with Crippen molar-refractivity contribution >= 4 is 29.3 Å². The fourth-order valence-electron chi connectivity index (χ4n) is 6.79. The summed E-state index contributed by atoms with van der Waals surface area (Å²) < 4.78 is 0. The van der Waals surface area contributed by atoms with E-state index in [1.54, 1.807) is 6.07 Å². The summed E-state index contributed by atoms with van der Waals surface area (Å²) in [6.45, 7) is 1.55. The van der Waals surface area contributed by atoms with E-state index in [1.165, 1.54) is 30.6 Å². The van der Waals surface area contributed by atoms with Crippen molar-refractivity contribution in [2.24, 2.45) is 11.8 Å². The molecule has 4 fully saturated rings. The van der Waals surface area contributed by atoms with Crippen LogP contribution in [0.2, 0.25) is 5.02 Å². The van der Waals surface area contributed by atoms with Crippen LogP contribution >= 0.6 is 11.6 Å². The predicted octanol–water partition coefficient (Wildman–Crippen LogP) is 4.71. The Hall–Kier alpha value is -1.88. The highest BCUT2D eigenvalue weighted by Crippen LogP contribution is 2.46. The maximum absolute atomic E-state index is 13.9. The van der Waals surface area contributed by atoms with Crippen molar-refractivity contribution < 1.29 is 14.4 Å². The lowest BCUT2D eigenvalue weighted by Crippen LogP contribution is -2.49. The van der Waals surface area contributed by atoms with Gasteiger partial charge in [-0.25, -0.2) is 0 Å². The molecule has 172 valence electrons. The minimum atomic E-state index is -1.18. The molecule has 5 nitrogen and oxygen atoms in total. The number of carbonyl (C=O) groups is 3. The molecule has 0 N–H and O–H groups in total. The van der Waals surface area contributed by atoms with Crippen LogP contribution in [0.3, 0.4) is 0 Å². The molecule has 3 amide bonds. The minimum Gasteiger partial charge on any atom is -0.342 e. The van der Waals surface area contributed by atoms with Crippen LogP contribution in [0.5, 0.6) is 0 Å². The van der Waals surface area contributed by atoms with Gasteiger partial charge >= 0.3 is 0 Å². The van der Waals surface area contributed by atoms with Gasteiger partial charge in [-0.3, -0.25) is 19.3 Å². The quantitative estimate of drug-likeness (QED) is 0.616. The first-order valence-electron chi connectivity index (χ1n) is 12.4. The molecule has 0 radical (unpaired) electrons. The third kappa shape index (κ3) is 3.76. The van der Waals surface area contributed by atoms with Gasteiger partial charge in [0.2, 0.25) is 17.7 Å². The molecule has 32 heavy (non-hydrogen) atoms. The predicted molar refractivity (Wildman–Crippen MR) is 123 cm³/mol. The van der Waals surface area contributed by atoms with Crippen molar-refractivity contribution in [1.82, 2.24) is 9.80 Å². The summed E-state index contributed by atoms with van der Waals surface area (Å²) >= 11 is 6.57. The van der Waals surface area contributed by atoms with Gasteiger partial charge in [0, 0.05) is 37.0 Å². The van der Waals surface area contributed by atoms with E-state index < -0.39 is 5.41 Å². The average molecular weight is 457 g/mol. The number of piperidine rings is 1. The molecular formula is C26H33ClN2O3. The lowest BCUT2D eigenvalue weighted by atomic mass is 9.73. The second-order valence-corrected chi connectivity index (χ2v) is 10.8. The van der Waals surface area contributed by atoms with Crippen LogP contribution in [-0.4, -0.2) is 46.7 Å². The first-order chi connectivity index (χ1) is 15.5. The molecule has 1 aromatic carbocycles. The number of nitrogens with zero attached hydrogens (tertiary/aromatic N) is 2. The van der Waals surface area contributed by atoms with Gasteiger partial charge in [0.1, 0.15) is 0 Å². The standard InChI is InChI=1S/C26H33ClN2O3/c27-22-12-6-5-11-21(22)26(16-24(31)29(25(26)32)20-9-3-4-10-20)15-23(30)28-14-13-18-7-1-2-8-19(18)17-28/h5-6,11-12,18-20H,1-4,7-10,13-17H2/t18-,19-,26-/m0/s1. The van der Waals surface area contributed by atoms with Gasteiger partial charge in [0.25, 0.3) is 0 Å². The first-order valence-corrected chi connectivity index (χ1v) is 12.8. The Kier molecular flexibility index (Phi) is 6.04. The molecule has 5 rings (SSSR count). The van der Waals surface area contributed by atoms with Crippen molar-refractivity contribution in [3.05, 3.63) is 34.9 Å². The Morgan fingerprint density at radius 1 is 0.969 bits per heavy atom. The molecule has 0 aromatic heterocycles. The number of hydrogen-bond donors (Lipinski definition) is 0. The SMILES string of the molecule is O=C(C[C@@]1(c2ccccc2Cl)CC(=O)N(C2CCCC2)C1=O)N1CC[C@@H]2CCCC[C@H]2C1. The maximum atomic E-state index is 13.9. The molecule has 6 heteroatoms. The zero-order chi connectivity index (χ0) is 22.3. The van der Waals surface area contributed by atoms with Gasteiger partial charge < -0.3 is 4.90 Å². The smallest absolute Gasteiger partial charge is 0.241 e. The average Bonchev–Trinajstić information content (AvgIpc) is 3.40. The Morgan fingerprint density at radius 3 is 2.41 bits per heavy atom. The zero-order valence-corrected chi connectivity index (χ0v) is 19.5. The minimum absolute atomic E-state index is 0.0108. The second kappa shape index (κ2) is 8.81. The monoisotopic (exact) mass is 456 g/mol. The fourth-order valence-corrected chi connectivity index (χ4v) is 7.10. The number of likely N-dealkylation sites (tertiary alicyclic amines) is 2. The Morgan fingerprint density at radius 2 is 1.66 bits per heavy atom. The maximum Gasteiger partial charge on any atom is 0.241 e.